The average Bonchev–Trinajstić information content (AvgIpc) is 2.93. The molecule has 0 spiro atoms. The third-order valence-electron chi connectivity index (χ3n) is 3.58. The molecule has 1 N–H and O–H groups in total. The van der Waals surface area contributed by atoms with Gasteiger partial charge in [-0.3, -0.25) is 4.79 Å². The van der Waals surface area contributed by atoms with Gasteiger partial charge in [0, 0.05) is 15.4 Å². The number of carbonyl (C=O) groups is 2. The molecule has 2 aromatic carbocycles. The lowest BCUT2D eigenvalue weighted by molar-refractivity contribution is -0.119. The van der Waals surface area contributed by atoms with Gasteiger partial charge in [-0.05, 0) is 41.1 Å². The normalized spacial score (nSPS) is 10.7. The summed E-state index contributed by atoms with van der Waals surface area (Å²) in [6.45, 7) is 1.14. The minimum Gasteiger partial charge on any atom is -0.450 e. The van der Waals surface area contributed by atoms with Crippen molar-refractivity contribution in [1.29, 1.82) is 0 Å². The molecule has 25 heavy (non-hydrogen) atoms. The van der Waals surface area contributed by atoms with Crippen LogP contribution in [0, 0.1) is 12.7 Å². The van der Waals surface area contributed by atoms with E-state index in [1.807, 2.05) is 6.07 Å². The van der Waals surface area contributed by atoms with Gasteiger partial charge in [-0.15, -0.1) is 0 Å². The third kappa shape index (κ3) is 3.56. The molecule has 0 saturated heterocycles. The Balaban J connectivity index is 1.69. The highest BCUT2D eigenvalue weighted by atomic mass is 79.9. The van der Waals surface area contributed by atoms with Gasteiger partial charge in [-0.1, -0.05) is 24.3 Å². The molecule has 128 valence electrons. The van der Waals surface area contributed by atoms with Crippen molar-refractivity contribution in [2.24, 2.45) is 0 Å². The van der Waals surface area contributed by atoms with Crippen molar-refractivity contribution in [2.75, 3.05) is 11.9 Å². The first-order valence-electron chi connectivity index (χ1n) is 7.36. The highest BCUT2D eigenvalue weighted by Gasteiger charge is 2.21. The highest BCUT2D eigenvalue weighted by molar-refractivity contribution is 9.10. The number of para-hydroxylation sites is 2. The van der Waals surface area contributed by atoms with E-state index in [0.29, 0.717) is 21.1 Å². The van der Waals surface area contributed by atoms with Crippen LogP contribution in [0.15, 0.2) is 51.4 Å². The van der Waals surface area contributed by atoms with E-state index < -0.39 is 24.3 Å². The fourth-order valence-electron chi connectivity index (χ4n) is 2.35. The molecular formula is C18H13BrFNO4. The molecular weight excluding hydrogens is 393 g/mol. The van der Waals surface area contributed by atoms with Crippen molar-refractivity contribution >= 4 is 44.5 Å². The minimum atomic E-state index is -0.824. The van der Waals surface area contributed by atoms with Crippen molar-refractivity contribution in [1.82, 2.24) is 0 Å². The van der Waals surface area contributed by atoms with Gasteiger partial charge in [0.2, 0.25) is 5.76 Å². The maximum absolute atomic E-state index is 13.7. The lowest BCUT2D eigenvalue weighted by atomic mass is 10.1. The van der Waals surface area contributed by atoms with Gasteiger partial charge in [0.25, 0.3) is 5.91 Å². The van der Waals surface area contributed by atoms with E-state index in [-0.39, 0.29) is 11.3 Å². The number of hydrogen-bond acceptors (Lipinski definition) is 4. The second-order valence-corrected chi connectivity index (χ2v) is 6.13. The standard InChI is InChI=1S/C18H13BrFNO4/c1-10-11-5-4-7-13(20)17(11)25-16(10)18(23)24-9-15(22)21-14-8-3-2-6-12(14)19/h2-8H,9H2,1H3,(H,21,22). The first-order valence-corrected chi connectivity index (χ1v) is 8.16. The third-order valence-corrected chi connectivity index (χ3v) is 4.27. The fraction of sp³-hybridized carbons (Fsp3) is 0.111. The smallest absolute Gasteiger partial charge is 0.375 e. The van der Waals surface area contributed by atoms with Crippen LogP contribution < -0.4 is 5.32 Å². The van der Waals surface area contributed by atoms with Crippen LogP contribution in [-0.4, -0.2) is 18.5 Å². The zero-order valence-corrected chi connectivity index (χ0v) is 14.7. The first-order chi connectivity index (χ1) is 12.0. The summed E-state index contributed by atoms with van der Waals surface area (Å²) in [6.07, 6.45) is 0. The molecule has 5 nitrogen and oxygen atoms in total. The van der Waals surface area contributed by atoms with Crippen LogP contribution in [0.1, 0.15) is 16.1 Å². The van der Waals surface area contributed by atoms with Crippen molar-refractivity contribution in [3.05, 3.63) is 64.1 Å². The van der Waals surface area contributed by atoms with Gasteiger partial charge in [0.15, 0.2) is 18.0 Å². The van der Waals surface area contributed by atoms with Gasteiger partial charge in [0.05, 0.1) is 5.69 Å². The molecule has 0 bridgehead atoms. The summed E-state index contributed by atoms with van der Waals surface area (Å²) in [4.78, 5) is 24.1. The van der Waals surface area contributed by atoms with E-state index in [1.54, 1.807) is 31.2 Å². The van der Waals surface area contributed by atoms with Crippen LogP contribution in [0.25, 0.3) is 11.0 Å². The van der Waals surface area contributed by atoms with E-state index in [0.717, 1.165) is 0 Å². The van der Waals surface area contributed by atoms with Gasteiger partial charge in [-0.25, -0.2) is 9.18 Å². The summed E-state index contributed by atoms with van der Waals surface area (Å²) in [5.41, 5.74) is 1.01. The Hall–Kier alpha value is -2.67. The lowest BCUT2D eigenvalue weighted by Gasteiger charge is -2.07. The summed E-state index contributed by atoms with van der Waals surface area (Å²) in [5.74, 6) is -2.00. The summed E-state index contributed by atoms with van der Waals surface area (Å²) < 4.78 is 24.7. The second-order valence-electron chi connectivity index (χ2n) is 5.28. The van der Waals surface area contributed by atoms with Gasteiger partial charge in [-0.2, -0.15) is 0 Å². The topological polar surface area (TPSA) is 68.5 Å². The molecule has 0 atom stereocenters. The van der Waals surface area contributed by atoms with Crippen LogP contribution in [0.5, 0.6) is 0 Å². The van der Waals surface area contributed by atoms with Crippen molar-refractivity contribution in [3.63, 3.8) is 0 Å². The molecule has 1 amide bonds. The number of ether oxygens (including phenoxy) is 1. The number of anilines is 1. The lowest BCUT2D eigenvalue weighted by Crippen LogP contribution is -2.21. The maximum atomic E-state index is 13.7. The number of carbonyl (C=O) groups excluding carboxylic acids is 2. The van der Waals surface area contributed by atoms with E-state index in [1.165, 1.54) is 12.1 Å². The molecule has 0 fully saturated rings. The SMILES string of the molecule is Cc1c(C(=O)OCC(=O)Nc2ccccc2Br)oc2c(F)cccc12. The van der Waals surface area contributed by atoms with Crippen LogP contribution >= 0.6 is 15.9 Å². The number of nitrogens with one attached hydrogen (secondary N) is 1. The zero-order chi connectivity index (χ0) is 18.0. The van der Waals surface area contributed by atoms with Crippen molar-refractivity contribution in [2.45, 2.75) is 6.92 Å². The Morgan fingerprint density at radius 3 is 2.68 bits per heavy atom. The molecule has 3 aromatic rings. The second kappa shape index (κ2) is 7.06. The Morgan fingerprint density at radius 2 is 1.96 bits per heavy atom. The number of fused-ring (bicyclic) bond motifs is 1. The molecule has 0 aliphatic carbocycles. The molecule has 0 saturated carbocycles. The predicted molar refractivity (Wildman–Crippen MR) is 94.0 cm³/mol. The van der Waals surface area contributed by atoms with Gasteiger partial charge in [0.1, 0.15) is 0 Å². The molecule has 0 unspecified atom stereocenters. The number of halogens is 2. The molecule has 1 aromatic heterocycles. The average molecular weight is 406 g/mol. The fourth-order valence-corrected chi connectivity index (χ4v) is 2.73. The predicted octanol–water partition coefficient (Wildman–Crippen LogP) is 4.44. The van der Waals surface area contributed by atoms with Crippen LogP contribution in [0.2, 0.25) is 0 Å². The number of rotatable bonds is 4. The minimum absolute atomic E-state index is 0.00961. The van der Waals surface area contributed by atoms with E-state index in [4.69, 9.17) is 9.15 Å². The first kappa shape index (κ1) is 17.2. The number of esters is 1. The number of hydrogen-bond donors (Lipinski definition) is 1. The Kier molecular flexibility index (Phi) is 4.85. The number of benzene rings is 2. The number of amides is 1. The Bertz CT molecular complexity index is 967. The Morgan fingerprint density at radius 1 is 1.20 bits per heavy atom. The summed E-state index contributed by atoms with van der Waals surface area (Å²) in [6, 6.07) is 11.5. The Labute approximate surface area is 150 Å². The van der Waals surface area contributed by atoms with E-state index in [9.17, 15) is 14.0 Å². The largest absolute Gasteiger partial charge is 0.450 e. The summed E-state index contributed by atoms with van der Waals surface area (Å²) >= 11 is 3.30. The van der Waals surface area contributed by atoms with Gasteiger partial charge >= 0.3 is 5.97 Å². The van der Waals surface area contributed by atoms with Crippen LogP contribution in [-0.2, 0) is 9.53 Å². The van der Waals surface area contributed by atoms with Crippen LogP contribution in [0.4, 0.5) is 10.1 Å². The summed E-state index contributed by atoms with van der Waals surface area (Å²) in [5, 5.41) is 3.10. The zero-order valence-electron chi connectivity index (χ0n) is 13.1. The van der Waals surface area contributed by atoms with Crippen LogP contribution in [0.3, 0.4) is 0 Å². The quantitative estimate of drug-likeness (QED) is 0.651. The number of furan rings is 1. The van der Waals surface area contributed by atoms with Crippen molar-refractivity contribution in [3.8, 4) is 0 Å². The molecule has 3 rings (SSSR count). The summed E-state index contributed by atoms with van der Waals surface area (Å²) in [7, 11) is 0. The molecule has 7 heteroatoms. The number of aryl methyl sites for hydroxylation is 1. The van der Waals surface area contributed by atoms with Crippen molar-refractivity contribution < 1.29 is 23.1 Å². The maximum Gasteiger partial charge on any atom is 0.375 e. The molecule has 1 heterocycles. The van der Waals surface area contributed by atoms with E-state index >= 15 is 0 Å². The highest BCUT2D eigenvalue weighted by Crippen LogP contribution is 2.27. The van der Waals surface area contributed by atoms with Gasteiger partial charge < -0.3 is 14.5 Å². The van der Waals surface area contributed by atoms with E-state index in [2.05, 4.69) is 21.2 Å². The monoisotopic (exact) mass is 405 g/mol. The molecule has 0 aliphatic rings. The molecule has 0 aliphatic heterocycles. The molecule has 0 radical (unpaired) electrons.